The van der Waals surface area contributed by atoms with E-state index in [0.29, 0.717) is 4.21 Å². The smallest absolute Gasteiger partial charge is 0.199 e. The van der Waals surface area contributed by atoms with Crippen LogP contribution in [0.2, 0.25) is 0 Å². The van der Waals surface area contributed by atoms with Crippen molar-refractivity contribution in [1.82, 2.24) is 0 Å². The third-order valence-electron chi connectivity index (χ3n) is 0.938. The fourth-order valence-corrected chi connectivity index (χ4v) is 3.84. The van der Waals surface area contributed by atoms with Crippen LogP contribution in [-0.2, 0) is 15.3 Å². The highest BCUT2D eigenvalue weighted by Crippen LogP contribution is 2.34. The lowest BCUT2D eigenvalue weighted by atomic mass is 10.7. The van der Waals surface area contributed by atoms with Crippen molar-refractivity contribution >= 4 is 54.3 Å². The molecule has 1 atom stereocenters. The molecule has 11 heavy (non-hydrogen) atoms. The van der Waals surface area contributed by atoms with Crippen molar-refractivity contribution in [3.63, 3.8) is 0 Å². The fraction of sp³-hybridized carbons (Fsp3) is 0.200. The highest BCUT2D eigenvalue weighted by Gasteiger charge is 2.09. The molecule has 1 unspecified atom stereocenters. The predicted octanol–water partition coefficient (Wildman–Crippen LogP) is 2.94. The average molecular weight is 320 g/mol. The molecule has 6 heteroatoms. The molecule has 0 aliphatic heterocycles. The normalized spacial score (nSPS) is 13.4. The van der Waals surface area contributed by atoms with E-state index in [-0.39, 0.29) is 0 Å². The lowest BCUT2D eigenvalue weighted by Gasteiger charge is -1.89. The van der Waals surface area contributed by atoms with E-state index in [4.69, 9.17) is 0 Å². The van der Waals surface area contributed by atoms with Gasteiger partial charge in [-0.2, -0.15) is 0 Å². The second-order valence-corrected chi connectivity index (χ2v) is 6.31. The summed E-state index contributed by atoms with van der Waals surface area (Å²) in [6, 6.07) is 1.77. The summed E-state index contributed by atoms with van der Waals surface area (Å²) in [6.07, 6.45) is 0. The van der Waals surface area contributed by atoms with Crippen molar-refractivity contribution in [2.75, 3.05) is 7.11 Å². The molecule has 62 valence electrons. The van der Waals surface area contributed by atoms with E-state index >= 15 is 0 Å². The second-order valence-electron chi connectivity index (χ2n) is 1.59. The minimum atomic E-state index is -1.32. The van der Waals surface area contributed by atoms with Gasteiger partial charge in [-0.25, -0.2) is 4.21 Å². The van der Waals surface area contributed by atoms with Crippen molar-refractivity contribution < 1.29 is 8.39 Å². The van der Waals surface area contributed by atoms with Gasteiger partial charge in [0.15, 0.2) is 11.1 Å². The predicted molar refractivity (Wildman–Crippen MR) is 53.1 cm³/mol. The first-order chi connectivity index (χ1) is 5.15. The third kappa shape index (κ3) is 2.35. The van der Waals surface area contributed by atoms with E-state index in [2.05, 4.69) is 36.0 Å². The van der Waals surface area contributed by atoms with Crippen LogP contribution in [0.3, 0.4) is 0 Å². The monoisotopic (exact) mass is 318 g/mol. The van der Waals surface area contributed by atoms with Crippen LogP contribution < -0.4 is 0 Å². The van der Waals surface area contributed by atoms with Gasteiger partial charge in [-0.1, -0.05) is 0 Å². The molecule has 0 aliphatic carbocycles. The number of halogens is 2. The van der Waals surface area contributed by atoms with E-state index in [1.807, 2.05) is 0 Å². The molecule has 0 bridgehead atoms. The van der Waals surface area contributed by atoms with Gasteiger partial charge >= 0.3 is 0 Å². The van der Waals surface area contributed by atoms with Crippen molar-refractivity contribution in [3.8, 4) is 0 Å². The van der Waals surface area contributed by atoms with Crippen LogP contribution >= 0.6 is 43.2 Å². The summed E-state index contributed by atoms with van der Waals surface area (Å²) in [6.45, 7) is 0. The Morgan fingerprint density at radius 1 is 1.64 bits per heavy atom. The average Bonchev–Trinajstić information content (AvgIpc) is 2.31. The Bertz CT molecular complexity index is 265. The molecule has 0 spiro atoms. The topological polar surface area (TPSA) is 26.3 Å². The number of rotatable bonds is 2. The van der Waals surface area contributed by atoms with Gasteiger partial charge in [0.2, 0.25) is 0 Å². The highest BCUT2D eigenvalue weighted by atomic mass is 79.9. The van der Waals surface area contributed by atoms with E-state index in [1.54, 1.807) is 6.07 Å². The first kappa shape index (κ1) is 9.85. The van der Waals surface area contributed by atoms with Gasteiger partial charge < -0.3 is 0 Å². The van der Waals surface area contributed by atoms with Gasteiger partial charge in [0.25, 0.3) is 0 Å². The summed E-state index contributed by atoms with van der Waals surface area (Å²) in [5.41, 5.74) is 0. The van der Waals surface area contributed by atoms with Crippen molar-refractivity contribution in [1.29, 1.82) is 0 Å². The molecule has 0 saturated carbocycles. The van der Waals surface area contributed by atoms with Gasteiger partial charge in [-0.15, -0.1) is 11.3 Å². The van der Waals surface area contributed by atoms with Gasteiger partial charge in [0, 0.05) is 4.47 Å². The molecule has 0 aromatic carbocycles. The molecule has 0 fully saturated rings. The largest absolute Gasteiger partial charge is 0.289 e. The van der Waals surface area contributed by atoms with Gasteiger partial charge in [-0.3, -0.25) is 4.18 Å². The Morgan fingerprint density at radius 2 is 2.27 bits per heavy atom. The zero-order chi connectivity index (χ0) is 8.43. The Kier molecular flexibility index (Phi) is 3.70. The summed E-state index contributed by atoms with van der Waals surface area (Å²) < 4.78 is 18.2. The van der Waals surface area contributed by atoms with Gasteiger partial charge in [0.05, 0.1) is 10.9 Å². The lowest BCUT2D eigenvalue weighted by Crippen LogP contribution is -1.87. The maximum atomic E-state index is 11.0. The third-order valence-corrected chi connectivity index (χ3v) is 5.40. The molecule has 1 heterocycles. The van der Waals surface area contributed by atoms with Crippen LogP contribution in [0, 0.1) is 0 Å². The van der Waals surface area contributed by atoms with E-state index in [1.165, 1.54) is 18.4 Å². The Balaban J connectivity index is 2.97. The van der Waals surface area contributed by atoms with Crippen LogP contribution in [0.25, 0.3) is 0 Å². The number of hydrogen-bond acceptors (Lipinski definition) is 3. The van der Waals surface area contributed by atoms with Crippen molar-refractivity contribution in [3.05, 3.63) is 14.3 Å². The number of thiophene rings is 1. The minimum absolute atomic E-state index is 0.700. The van der Waals surface area contributed by atoms with Crippen molar-refractivity contribution in [2.24, 2.45) is 0 Å². The summed E-state index contributed by atoms with van der Waals surface area (Å²) in [5, 5.41) is 0. The van der Waals surface area contributed by atoms with Crippen LogP contribution in [0.15, 0.2) is 18.5 Å². The molecule has 0 radical (unpaired) electrons. The molecule has 1 aromatic rings. The van der Waals surface area contributed by atoms with Gasteiger partial charge in [-0.05, 0) is 37.9 Å². The lowest BCUT2D eigenvalue weighted by molar-refractivity contribution is 0.447. The molecule has 0 N–H and O–H groups in total. The molecule has 0 aliphatic rings. The van der Waals surface area contributed by atoms with Crippen LogP contribution in [0.5, 0.6) is 0 Å². The van der Waals surface area contributed by atoms with E-state index in [9.17, 15) is 4.21 Å². The molecular formula is C5H4Br2O2S2. The zero-order valence-corrected chi connectivity index (χ0v) is 10.3. The fourth-order valence-electron chi connectivity index (χ4n) is 0.491. The summed E-state index contributed by atoms with van der Waals surface area (Å²) in [5.74, 6) is 0. The Morgan fingerprint density at radius 3 is 2.64 bits per heavy atom. The zero-order valence-electron chi connectivity index (χ0n) is 5.47. The maximum Gasteiger partial charge on any atom is 0.199 e. The second kappa shape index (κ2) is 4.13. The molecule has 0 saturated heterocycles. The molecule has 0 amide bonds. The molecular weight excluding hydrogens is 316 g/mol. The highest BCUT2D eigenvalue weighted by molar-refractivity contribution is 9.13. The van der Waals surface area contributed by atoms with Gasteiger partial charge in [0.1, 0.15) is 4.21 Å². The van der Waals surface area contributed by atoms with Crippen LogP contribution in [0.1, 0.15) is 0 Å². The first-order valence-electron chi connectivity index (χ1n) is 2.56. The quantitative estimate of drug-likeness (QED) is 0.837. The number of hydrogen-bond donors (Lipinski definition) is 0. The first-order valence-corrected chi connectivity index (χ1v) is 6.04. The van der Waals surface area contributed by atoms with Crippen LogP contribution in [-0.4, -0.2) is 11.3 Å². The Labute approximate surface area is 87.9 Å². The molecule has 1 rings (SSSR count). The standard InChI is InChI=1S/C5H4Br2O2S2/c1-9-11(8)4-2-3(6)5(7)10-4/h2H,1H3. The van der Waals surface area contributed by atoms with E-state index < -0.39 is 11.1 Å². The SMILES string of the molecule is COS(=O)c1cc(Br)c(Br)s1. The molecule has 2 nitrogen and oxygen atoms in total. The summed E-state index contributed by atoms with van der Waals surface area (Å²) in [7, 11) is 1.41. The van der Waals surface area contributed by atoms with E-state index in [0.717, 1.165) is 8.26 Å². The maximum absolute atomic E-state index is 11.0. The minimum Gasteiger partial charge on any atom is -0.289 e. The van der Waals surface area contributed by atoms with Crippen LogP contribution in [0.4, 0.5) is 0 Å². The molecule has 1 aromatic heterocycles. The summed E-state index contributed by atoms with van der Waals surface area (Å²) in [4.78, 5) is 0. The van der Waals surface area contributed by atoms with Crippen molar-refractivity contribution in [2.45, 2.75) is 4.21 Å². The summed E-state index contributed by atoms with van der Waals surface area (Å²) >= 11 is 6.65. The Hall–Kier alpha value is 0.770.